The molecule has 0 aromatic rings. The van der Waals surface area contributed by atoms with Crippen molar-refractivity contribution >= 4 is 33.8 Å². The van der Waals surface area contributed by atoms with Gasteiger partial charge in [-0.2, -0.15) is 0 Å². The van der Waals surface area contributed by atoms with Crippen molar-refractivity contribution in [1.82, 2.24) is 16.0 Å². The number of rotatable bonds is 11. The van der Waals surface area contributed by atoms with Gasteiger partial charge in [-0.1, -0.05) is 15.9 Å². The maximum Gasteiger partial charge on any atom is 0.404 e. The fraction of sp³-hybridized carbons (Fsp3) is 0.786. The summed E-state index contributed by atoms with van der Waals surface area (Å²) in [7, 11) is 0. The highest BCUT2D eigenvalue weighted by molar-refractivity contribution is 9.09. The zero-order valence-corrected chi connectivity index (χ0v) is 14.7. The van der Waals surface area contributed by atoms with Crippen LogP contribution >= 0.6 is 15.9 Å². The van der Waals surface area contributed by atoms with E-state index in [1.165, 1.54) is 0 Å². The minimum atomic E-state index is -1.06. The first-order valence-electron chi connectivity index (χ1n) is 7.49. The van der Waals surface area contributed by atoms with Crippen LogP contribution in [0.1, 0.15) is 46.0 Å². The molecule has 4 N–H and O–H groups in total. The van der Waals surface area contributed by atoms with E-state index in [1.54, 1.807) is 0 Å². The van der Waals surface area contributed by atoms with E-state index in [0.29, 0.717) is 38.6 Å². The lowest BCUT2D eigenvalue weighted by Gasteiger charge is -2.20. The fourth-order valence-corrected chi connectivity index (χ4v) is 2.10. The molecule has 0 saturated carbocycles. The van der Waals surface area contributed by atoms with E-state index in [1.807, 2.05) is 13.8 Å². The first kappa shape index (κ1) is 20.7. The van der Waals surface area contributed by atoms with Gasteiger partial charge in [0.2, 0.25) is 11.8 Å². The number of carboxylic acid groups (broad SMARTS) is 1. The van der Waals surface area contributed by atoms with Crippen molar-refractivity contribution in [3.8, 4) is 0 Å². The van der Waals surface area contributed by atoms with Crippen molar-refractivity contribution in [3.63, 3.8) is 0 Å². The normalized spacial score (nSPS) is 11.8. The van der Waals surface area contributed by atoms with Crippen LogP contribution in [-0.4, -0.2) is 47.0 Å². The van der Waals surface area contributed by atoms with Crippen molar-refractivity contribution in [2.24, 2.45) is 0 Å². The standard InChI is InChI=1S/C14H26BrN3O4/c1-10(2)17-13(20)11(18-12(19)7-5-8-15)6-3-4-9-16-14(21)22/h10-11,16H,3-9H2,1-2H3,(H,17,20)(H,18,19)(H,21,22). The van der Waals surface area contributed by atoms with Crippen molar-refractivity contribution in [2.75, 3.05) is 11.9 Å². The summed E-state index contributed by atoms with van der Waals surface area (Å²) in [5, 5.41) is 17.0. The number of unbranched alkanes of at least 4 members (excludes halogenated alkanes) is 1. The van der Waals surface area contributed by atoms with E-state index in [0.717, 1.165) is 5.33 Å². The summed E-state index contributed by atoms with van der Waals surface area (Å²) in [4.78, 5) is 34.2. The van der Waals surface area contributed by atoms with Crippen LogP contribution in [0.2, 0.25) is 0 Å². The Kier molecular flexibility index (Phi) is 11.5. The third-order valence-electron chi connectivity index (χ3n) is 2.82. The Bertz CT molecular complexity index is 364. The van der Waals surface area contributed by atoms with Gasteiger partial charge < -0.3 is 21.1 Å². The molecular formula is C14H26BrN3O4. The third-order valence-corrected chi connectivity index (χ3v) is 3.38. The third kappa shape index (κ3) is 11.4. The molecule has 22 heavy (non-hydrogen) atoms. The summed E-state index contributed by atoms with van der Waals surface area (Å²) < 4.78 is 0. The fourth-order valence-electron chi connectivity index (χ4n) is 1.82. The second kappa shape index (κ2) is 12.3. The highest BCUT2D eigenvalue weighted by Crippen LogP contribution is 2.03. The molecule has 0 aliphatic carbocycles. The molecule has 0 saturated heterocycles. The Hall–Kier alpha value is -1.31. The second-order valence-corrected chi connectivity index (χ2v) is 6.10. The molecule has 1 unspecified atom stereocenters. The number of hydrogen-bond acceptors (Lipinski definition) is 3. The minimum absolute atomic E-state index is 0.00289. The Morgan fingerprint density at radius 2 is 1.77 bits per heavy atom. The van der Waals surface area contributed by atoms with Gasteiger partial charge in [-0.25, -0.2) is 4.79 Å². The molecule has 0 aromatic heterocycles. The summed E-state index contributed by atoms with van der Waals surface area (Å²) >= 11 is 3.26. The Balaban J connectivity index is 4.30. The monoisotopic (exact) mass is 379 g/mol. The number of hydrogen-bond donors (Lipinski definition) is 4. The Labute approximate surface area is 139 Å². The summed E-state index contributed by atoms with van der Waals surface area (Å²) in [6.07, 6.45) is 1.78. The average molecular weight is 380 g/mol. The summed E-state index contributed by atoms with van der Waals surface area (Å²) in [6, 6.07) is -0.571. The lowest BCUT2D eigenvalue weighted by atomic mass is 10.1. The second-order valence-electron chi connectivity index (χ2n) is 5.30. The number of nitrogens with one attached hydrogen (secondary N) is 3. The molecule has 0 bridgehead atoms. The van der Waals surface area contributed by atoms with Crippen molar-refractivity contribution < 1.29 is 19.5 Å². The van der Waals surface area contributed by atoms with Gasteiger partial charge in [0.1, 0.15) is 6.04 Å². The van der Waals surface area contributed by atoms with Crippen LogP contribution in [0.25, 0.3) is 0 Å². The zero-order valence-electron chi connectivity index (χ0n) is 13.2. The number of carbonyl (C=O) groups excluding carboxylic acids is 2. The molecular weight excluding hydrogens is 354 g/mol. The molecule has 0 heterocycles. The molecule has 7 nitrogen and oxygen atoms in total. The van der Waals surface area contributed by atoms with E-state index < -0.39 is 12.1 Å². The van der Waals surface area contributed by atoms with Crippen molar-refractivity contribution in [1.29, 1.82) is 0 Å². The minimum Gasteiger partial charge on any atom is -0.465 e. The Morgan fingerprint density at radius 1 is 1.09 bits per heavy atom. The van der Waals surface area contributed by atoms with Gasteiger partial charge in [0.15, 0.2) is 0 Å². The molecule has 0 fully saturated rings. The number of alkyl halides is 1. The summed E-state index contributed by atoms with van der Waals surface area (Å²) in [6.45, 7) is 4.06. The maximum absolute atomic E-state index is 12.1. The van der Waals surface area contributed by atoms with Crippen LogP contribution in [0.15, 0.2) is 0 Å². The van der Waals surface area contributed by atoms with Crippen LogP contribution in [0, 0.1) is 0 Å². The van der Waals surface area contributed by atoms with Crippen LogP contribution in [0.4, 0.5) is 4.79 Å². The molecule has 0 spiro atoms. The van der Waals surface area contributed by atoms with E-state index in [-0.39, 0.29) is 17.9 Å². The van der Waals surface area contributed by atoms with Crippen LogP contribution in [-0.2, 0) is 9.59 Å². The van der Waals surface area contributed by atoms with Crippen molar-refractivity contribution in [2.45, 2.75) is 58.0 Å². The predicted molar refractivity (Wildman–Crippen MR) is 88.1 cm³/mol. The summed E-state index contributed by atoms with van der Waals surface area (Å²) in [5.41, 5.74) is 0. The topological polar surface area (TPSA) is 108 Å². The molecule has 1 atom stereocenters. The molecule has 8 heteroatoms. The number of amides is 3. The lowest BCUT2D eigenvalue weighted by Crippen LogP contribution is -2.48. The van der Waals surface area contributed by atoms with Gasteiger partial charge >= 0.3 is 6.09 Å². The SMILES string of the molecule is CC(C)NC(=O)C(CCCCNC(=O)O)NC(=O)CCCBr. The predicted octanol–water partition coefficient (Wildman–Crippen LogP) is 1.61. The van der Waals surface area contributed by atoms with E-state index in [9.17, 15) is 14.4 Å². The number of carbonyl (C=O) groups is 3. The molecule has 0 aliphatic rings. The smallest absolute Gasteiger partial charge is 0.404 e. The quantitative estimate of drug-likeness (QED) is 0.323. The molecule has 0 rings (SSSR count). The van der Waals surface area contributed by atoms with Gasteiger partial charge in [0, 0.05) is 24.3 Å². The molecule has 0 aliphatic heterocycles. The average Bonchev–Trinajstić information content (AvgIpc) is 2.42. The van der Waals surface area contributed by atoms with Crippen LogP contribution in [0.3, 0.4) is 0 Å². The molecule has 3 amide bonds. The molecule has 128 valence electrons. The lowest BCUT2D eigenvalue weighted by molar-refractivity contribution is -0.129. The van der Waals surface area contributed by atoms with Crippen LogP contribution in [0.5, 0.6) is 0 Å². The molecule has 0 radical (unpaired) electrons. The van der Waals surface area contributed by atoms with Gasteiger partial charge in [-0.3, -0.25) is 9.59 Å². The van der Waals surface area contributed by atoms with E-state index in [4.69, 9.17) is 5.11 Å². The van der Waals surface area contributed by atoms with Gasteiger partial charge in [0.25, 0.3) is 0 Å². The van der Waals surface area contributed by atoms with E-state index in [2.05, 4.69) is 31.9 Å². The van der Waals surface area contributed by atoms with E-state index >= 15 is 0 Å². The van der Waals surface area contributed by atoms with Crippen LogP contribution < -0.4 is 16.0 Å². The highest BCUT2D eigenvalue weighted by Gasteiger charge is 2.20. The zero-order chi connectivity index (χ0) is 17.0. The Morgan fingerprint density at radius 3 is 2.32 bits per heavy atom. The highest BCUT2D eigenvalue weighted by atomic mass is 79.9. The largest absolute Gasteiger partial charge is 0.465 e. The van der Waals surface area contributed by atoms with Gasteiger partial charge in [-0.05, 0) is 39.5 Å². The summed E-state index contributed by atoms with van der Waals surface area (Å²) in [5.74, 6) is -0.347. The van der Waals surface area contributed by atoms with Gasteiger partial charge in [0.05, 0.1) is 0 Å². The first-order chi connectivity index (χ1) is 10.4. The van der Waals surface area contributed by atoms with Crippen molar-refractivity contribution in [3.05, 3.63) is 0 Å². The maximum atomic E-state index is 12.1. The first-order valence-corrected chi connectivity index (χ1v) is 8.61. The van der Waals surface area contributed by atoms with Gasteiger partial charge in [-0.15, -0.1) is 0 Å². The molecule has 0 aromatic carbocycles. The number of halogens is 1.